The van der Waals surface area contributed by atoms with Crippen LogP contribution in [0.1, 0.15) is 0 Å². The number of nitrogens with zero attached hydrogens (tertiary/aromatic N) is 1. The predicted molar refractivity (Wildman–Crippen MR) is 155 cm³/mol. The van der Waals surface area contributed by atoms with Crippen LogP contribution in [0.5, 0.6) is 5.75 Å². The van der Waals surface area contributed by atoms with E-state index in [0.717, 1.165) is 50.8 Å². The quantitative estimate of drug-likeness (QED) is 0.0907. The summed E-state index contributed by atoms with van der Waals surface area (Å²) in [4.78, 5) is 12.9. The fourth-order valence-electron chi connectivity index (χ4n) is 5.42. The molecule has 0 saturated carbocycles. The second kappa shape index (κ2) is 9.22. The van der Waals surface area contributed by atoms with Crippen LogP contribution < -0.4 is 9.81 Å². The molecule has 2 heterocycles. The summed E-state index contributed by atoms with van der Waals surface area (Å²) in [6.45, 7) is 0. The summed E-state index contributed by atoms with van der Waals surface area (Å²) in [7, 11) is -5.90. The van der Waals surface area contributed by atoms with E-state index < -0.39 is 27.0 Å². The highest BCUT2D eigenvalue weighted by Gasteiger charge is 2.48. The number of halogens is 3. The fraction of sp³-hybridized carbons (Fsp3) is 0.0312. The number of benzene rings is 5. The lowest BCUT2D eigenvalue weighted by Gasteiger charge is -2.11. The van der Waals surface area contributed by atoms with Gasteiger partial charge in [0, 0.05) is 27.2 Å². The summed E-state index contributed by atoms with van der Waals surface area (Å²) >= 11 is 0. The highest BCUT2D eigenvalue weighted by Crippen LogP contribution is 2.39. The topological polar surface area (TPSA) is 78.5 Å². The van der Waals surface area contributed by atoms with Crippen LogP contribution in [0.4, 0.5) is 13.2 Å². The Morgan fingerprint density at radius 1 is 0.690 bits per heavy atom. The van der Waals surface area contributed by atoms with Crippen molar-refractivity contribution >= 4 is 53.7 Å². The van der Waals surface area contributed by atoms with Crippen molar-refractivity contribution < 1.29 is 30.2 Å². The van der Waals surface area contributed by atoms with Crippen molar-refractivity contribution in [3.8, 4) is 22.6 Å². The zero-order valence-corrected chi connectivity index (χ0v) is 22.2. The zero-order chi connectivity index (χ0) is 29.2. The van der Waals surface area contributed by atoms with Gasteiger partial charge in [0.1, 0.15) is 11.3 Å². The Hall–Kier alpha value is -5.09. The van der Waals surface area contributed by atoms with Gasteiger partial charge in [0.25, 0.3) is 0 Å². The van der Waals surface area contributed by atoms with Crippen LogP contribution in [0.15, 0.2) is 118 Å². The molecule has 5 aromatic carbocycles. The molecule has 0 unspecified atom stereocenters. The Balaban J connectivity index is 1.40. The van der Waals surface area contributed by atoms with Crippen molar-refractivity contribution in [1.29, 1.82) is 0 Å². The lowest BCUT2D eigenvalue weighted by Crippen LogP contribution is -2.28. The van der Waals surface area contributed by atoms with Crippen molar-refractivity contribution in [2.24, 2.45) is 0 Å². The van der Waals surface area contributed by atoms with E-state index in [9.17, 15) is 26.4 Å². The van der Waals surface area contributed by atoms with Gasteiger partial charge in [-0.15, -0.1) is 0 Å². The molecule has 0 fully saturated rings. The molecule has 0 aliphatic heterocycles. The van der Waals surface area contributed by atoms with Crippen molar-refractivity contribution in [1.82, 2.24) is 4.57 Å². The predicted octanol–water partition coefficient (Wildman–Crippen LogP) is 7.94. The number of aromatic nitrogens is 1. The highest BCUT2D eigenvalue weighted by molar-refractivity contribution is 7.88. The second-order valence-electron chi connectivity index (χ2n) is 9.68. The van der Waals surface area contributed by atoms with Gasteiger partial charge in [0.15, 0.2) is 0 Å². The maximum absolute atomic E-state index is 12.9. The zero-order valence-electron chi connectivity index (χ0n) is 21.4. The van der Waals surface area contributed by atoms with Gasteiger partial charge < -0.3 is 13.2 Å². The van der Waals surface area contributed by atoms with Crippen LogP contribution in [-0.4, -0.2) is 18.5 Å². The van der Waals surface area contributed by atoms with E-state index in [0.29, 0.717) is 10.8 Å². The Morgan fingerprint density at radius 3 is 2.19 bits per heavy atom. The molecule has 42 heavy (non-hydrogen) atoms. The second-order valence-corrected chi connectivity index (χ2v) is 11.2. The van der Waals surface area contributed by atoms with Gasteiger partial charge in [0.2, 0.25) is 0 Å². The summed E-state index contributed by atoms with van der Waals surface area (Å²) < 4.78 is 73.2. The molecule has 0 spiro atoms. The van der Waals surface area contributed by atoms with E-state index in [1.165, 1.54) is 6.07 Å². The number of hydrogen-bond acceptors (Lipinski definition) is 5. The molecule has 208 valence electrons. The van der Waals surface area contributed by atoms with Crippen molar-refractivity contribution in [2.45, 2.75) is 5.51 Å². The van der Waals surface area contributed by atoms with Crippen molar-refractivity contribution in [3.05, 3.63) is 120 Å². The first kappa shape index (κ1) is 25.8. The van der Waals surface area contributed by atoms with Gasteiger partial charge in [-0.05, 0) is 65.7 Å². The van der Waals surface area contributed by atoms with Crippen LogP contribution in [0, 0.1) is 0 Å². The molecule has 10 heteroatoms. The first-order valence-electron chi connectivity index (χ1n) is 12.7. The lowest BCUT2D eigenvalue weighted by atomic mass is 9.97. The Kier molecular flexibility index (Phi) is 5.67. The third-order valence-electron chi connectivity index (χ3n) is 7.20. The van der Waals surface area contributed by atoms with Crippen LogP contribution in [-0.2, 0) is 10.1 Å². The number of hydrogen-bond donors (Lipinski definition) is 0. The molecule has 0 saturated heterocycles. The van der Waals surface area contributed by atoms with E-state index in [1.54, 1.807) is 12.1 Å². The van der Waals surface area contributed by atoms with Gasteiger partial charge in [0.05, 0.1) is 16.4 Å². The molecule has 0 atom stereocenters. The smallest absolute Gasteiger partial charge is 0.422 e. The summed E-state index contributed by atoms with van der Waals surface area (Å²) in [5.41, 5.74) is -1.41. The molecule has 6 nitrogen and oxygen atoms in total. The minimum Gasteiger partial charge on any atom is -0.422 e. The van der Waals surface area contributed by atoms with Crippen LogP contribution in [0.3, 0.4) is 0 Å². The van der Waals surface area contributed by atoms with E-state index in [1.807, 2.05) is 60.7 Å². The minimum absolute atomic E-state index is 0.113. The Morgan fingerprint density at radius 2 is 1.40 bits per heavy atom. The molecule has 7 aromatic rings. The van der Waals surface area contributed by atoms with E-state index >= 15 is 0 Å². The van der Waals surface area contributed by atoms with E-state index in [-0.39, 0.29) is 11.0 Å². The van der Waals surface area contributed by atoms with Crippen LogP contribution in [0.2, 0.25) is 0 Å². The number of para-hydroxylation sites is 2. The maximum Gasteiger partial charge on any atom is 0.534 e. The monoisotopic (exact) mass is 585 g/mol. The minimum atomic E-state index is -5.90. The summed E-state index contributed by atoms with van der Waals surface area (Å²) in [6.07, 6.45) is 0. The molecule has 0 N–H and O–H groups in total. The molecular weight excluding hydrogens is 567 g/mol. The van der Waals surface area contributed by atoms with Gasteiger partial charge in [-0.1, -0.05) is 54.6 Å². The average molecular weight is 586 g/mol. The molecule has 0 aliphatic carbocycles. The third kappa shape index (κ3) is 4.02. The van der Waals surface area contributed by atoms with Crippen molar-refractivity contribution in [3.63, 3.8) is 0 Å². The maximum atomic E-state index is 12.9. The third-order valence-corrected chi connectivity index (χ3v) is 8.18. The standard InChI is InChI=1S/C32H18F3NO5S/c33-32(34,35)42(38,39)41-21-14-16-23-24-15-13-19(17-29(24)40-31(37)26(23)18-21)22-10-6-12-28-30(22)25-9-4-5-11-27(25)36(28)20-7-2-1-3-8-20/h1-18H. The highest BCUT2D eigenvalue weighted by atomic mass is 32.2. The van der Waals surface area contributed by atoms with Crippen molar-refractivity contribution in [2.75, 3.05) is 0 Å². The molecule has 0 bridgehead atoms. The average Bonchev–Trinajstić information content (AvgIpc) is 3.31. The summed E-state index contributed by atoms with van der Waals surface area (Å²) in [6, 6.07) is 32.9. The SMILES string of the molecule is O=c1oc2cc(-c3cccc4c3c3ccccc3n4-c3ccccc3)ccc2c2ccc(OS(=O)(=O)C(F)(F)F)cc12. The van der Waals surface area contributed by atoms with Crippen LogP contribution >= 0.6 is 0 Å². The first-order valence-corrected chi connectivity index (χ1v) is 14.1. The number of fused-ring (bicyclic) bond motifs is 6. The lowest BCUT2D eigenvalue weighted by molar-refractivity contribution is -0.0500. The van der Waals surface area contributed by atoms with Gasteiger partial charge in [-0.2, -0.15) is 21.6 Å². The first-order chi connectivity index (χ1) is 20.1. The van der Waals surface area contributed by atoms with Gasteiger partial charge in [-0.3, -0.25) is 0 Å². The number of alkyl halides is 3. The largest absolute Gasteiger partial charge is 0.534 e. The number of rotatable bonds is 4. The Bertz CT molecular complexity index is 2360. The Labute approximate surface area is 235 Å². The van der Waals surface area contributed by atoms with Crippen LogP contribution in [0.25, 0.3) is 60.4 Å². The summed E-state index contributed by atoms with van der Waals surface area (Å²) in [5, 5.41) is 2.86. The van der Waals surface area contributed by atoms with Gasteiger partial charge >= 0.3 is 21.3 Å². The molecule has 0 radical (unpaired) electrons. The van der Waals surface area contributed by atoms with E-state index in [2.05, 4.69) is 26.9 Å². The molecule has 7 rings (SSSR count). The molecular formula is C32H18F3NO5S. The van der Waals surface area contributed by atoms with Gasteiger partial charge in [-0.25, -0.2) is 4.79 Å². The fourth-order valence-corrected chi connectivity index (χ4v) is 5.87. The molecule has 0 amide bonds. The van der Waals surface area contributed by atoms with E-state index in [4.69, 9.17) is 4.42 Å². The summed E-state index contributed by atoms with van der Waals surface area (Å²) in [5.74, 6) is -0.649. The molecule has 0 aliphatic rings. The molecule has 2 aromatic heterocycles. The normalized spacial score (nSPS) is 12.5.